The van der Waals surface area contributed by atoms with Crippen molar-refractivity contribution in [2.75, 3.05) is 11.2 Å². The van der Waals surface area contributed by atoms with Crippen molar-refractivity contribution in [1.29, 1.82) is 0 Å². The van der Waals surface area contributed by atoms with Crippen LogP contribution in [0.2, 0.25) is 0 Å². The van der Waals surface area contributed by atoms with Gasteiger partial charge in [-0.25, -0.2) is 12.8 Å². The Hall–Kier alpha value is -2.65. The van der Waals surface area contributed by atoms with E-state index >= 15 is 0 Å². The van der Waals surface area contributed by atoms with Crippen molar-refractivity contribution in [2.24, 2.45) is 7.05 Å². The van der Waals surface area contributed by atoms with E-state index in [1.165, 1.54) is 53.1 Å². The van der Waals surface area contributed by atoms with E-state index in [0.29, 0.717) is 11.3 Å². The third kappa shape index (κ3) is 3.60. The van der Waals surface area contributed by atoms with Crippen LogP contribution in [0.4, 0.5) is 10.1 Å². The molecular formula is C18H20FN3O4S. The van der Waals surface area contributed by atoms with Gasteiger partial charge in [0.1, 0.15) is 23.6 Å². The van der Waals surface area contributed by atoms with E-state index in [9.17, 15) is 22.7 Å². The van der Waals surface area contributed by atoms with Gasteiger partial charge in [-0.15, -0.1) is 0 Å². The summed E-state index contributed by atoms with van der Waals surface area (Å²) in [5.41, 5.74) is 1.18. The number of aliphatic hydroxyl groups excluding tert-OH is 1. The lowest BCUT2D eigenvalue weighted by Crippen LogP contribution is -2.32. The number of carbonyl (C=O) groups is 1. The van der Waals surface area contributed by atoms with Crippen LogP contribution in [0.1, 0.15) is 28.5 Å². The Kier molecular flexibility index (Phi) is 4.83. The average Bonchev–Trinajstić information content (AvgIpc) is 2.85. The van der Waals surface area contributed by atoms with Gasteiger partial charge in [0.15, 0.2) is 9.84 Å². The summed E-state index contributed by atoms with van der Waals surface area (Å²) in [6, 6.07) is 4.18. The Morgan fingerprint density at radius 3 is 2.70 bits per heavy atom. The van der Waals surface area contributed by atoms with Crippen molar-refractivity contribution in [3.63, 3.8) is 0 Å². The maximum absolute atomic E-state index is 13.4. The van der Waals surface area contributed by atoms with Gasteiger partial charge in [-0.3, -0.25) is 4.79 Å². The first kappa shape index (κ1) is 19.1. The number of sulfone groups is 1. The molecule has 0 radical (unpaired) electrons. The monoisotopic (exact) mass is 393 g/mol. The summed E-state index contributed by atoms with van der Waals surface area (Å²) >= 11 is 0. The molecule has 9 heteroatoms. The summed E-state index contributed by atoms with van der Waals surface area (Å²) in [5, 5.41) is 12.4. The first-order valence-corrected chi connectivity index (χ1v) is 9.87. The fourth-order valence-electron chi connectivity index (χ4n) is 2.93. The SMILES string of the molecule is Cc1cc(NC(=O)c2c3c(cn2C)S(=O)(=O)CN([C@H](C)O)C=C3)ccc1F. The number of fused-ring (bicyclic) bond motifs is 1. The minimum atomic E-state index is -3.74. The normalized spacial score (nSPS) is 16.6. The number of aromatic nitrogens is 1. The minimum Gasteiger partial charge on any atom is -0.374 e. The highest BCUT2D eigenvalue weighted by molar-refractivity contribution is 7.91. The number of aliphatic hydroxyl groups is 1. The summed E-state index contributed by atoms with van der Waals surface area (Å²) in [6.45, 7) is 3.04. The van der Waals surface area contributed by atoms with Gasteiger partial charge in [0.2, 0.25) is 0 Å². The zero-order valence-corrected chi connectivity index (χ0v) is 15.9. The van der Waals surface area contributed by atoms with E-state index in [4.69, 9.17) is 0 Å². The van der Waals surface area contributed by atoms with Gasteiger partial charge >= 0.3 is 0 Å². The number of aryl methyl sites for hydroxylation is 2. The maximum atomic E-state index is 13.4. The van der Waals surface area contributed by atoms with Crippen molar-refractivity contribution >= 4 is 27.5 Å². The first-order valence-electron chi connectivity index (χ1n) is 8.22. The van der Waals surface area contributed by atoms with E-state index in [1.54, 1.807) is 14.0 Å². The van der Waals surface area contributed by atoms with Crippen molar-refractivity contribution in [3.05, 3.63) is 53.2 Å². The quantitative estimate of drug-likeness (QED) is 0.833. The van der Waals surface area contributed by atoms with Gasteiger partial charge in [-0.05, 0) is 43.7 Å². The summed E-state index contributed by atoms with van der Waals surface area (Å²) in [4.78, 5) is 14.1. The molecule has 0 saturated heterocycles. The highest BCUT2D eigenvalue weighted by atomic mass is 32.2. The van der Waals surface area contributed by atoms with E-state index in [0.717, 1.165) is 0 Å². The van der Waals surface area contributed by atoms with Crippen molar-refractivity contribution in [2.45, 2.75) is 25.0 Å². The molecule has 0 bridgehead atoms. The third-order valence-corrected chi connectivity index (χ3v) is 6.02. The van der Waals surface area contributed by atoms with Crippen molar-refractivity contribution in [3.8, 4) is 0 Å². The molecule has 1 aromatic carbocycles. The van der Waals surface area contributed by atoms with Gasteiger partial charge in [0.05, 0.1) is 4.90 Å². The molecule has 0 fully saturated rings. The Morgan fingerprint density at radius 2 is 2.07 bits per heavy atom. The number of hydrogen-bond acceptors (Lipinski definition) is 5. The molecule has 1 aliphatic rings. The van der Waals surface area contributed by atoms with Crippen LogP contribution in [0.25, 0.3) is 6.08 Å². The fourth-order valence-corrected chi connectivity index (χ4v) is 4.58. The second kappa shape index (κ2) is 6.82. The topological polar surface area (TPSA) is 91.6 Å². The number of benzene rings is 1. The lowest BCUT2D eigenvalue weighted by molar-refractivity contribution is 0.0677. The number of anilines is 1. The van der Waals surface area contributed by atoms with Gasteiger partial charge in [0, 0.05) is 30.7 Å². The van der Waals surface area contributed by atoms with Crippen LogP contribution >= 0.6 is 0 Å². The number of nitrogens with one attached hydrogen (secondary N) is 1. The molecule has 2 aromatic rings. The highest BCUT2D eigenvalue weighted by Gasteiger charge is 2.30. The Balaban J connectivity index is 2.03. The standard InChI is InChI=1S/C18H20FN3O4S/c1-11-8-13(4-5-15(11)19)20-18(24)17-14-6-7-22(12(2)23)10-27(25,26)16(14)9-21(17)3/h4-9,12,23H,10H2,1-3H3,(H,20,24)/t12-/m0/s1. The highest BCUT2D eigenvalue weighted by Crippen LogP contribution is 2.29. The summed E-state index contributed by atoms with van der Waals surface area (Å²) in [7, 11) is -2.16. The number of amides is 1. The van der Waals surface area contributed by atoms with Crippen LogP contribution in [-0.4, -0.2) is 41.0 Å². The molecule has 0 saturated carbocycles. The van der Waals surface area contributed by atoms with Gasteiger partial charge in [0.25, 0.3) is 5.91 Å². The molecule has 2 heterocycles. The van der Waals surface area contributed by atoms with Gasteiger partial charge < -0.3 is 19.9 Å². The predicted octanol–water partition coefficient (Wildman–Crippen LogP) is 2.08. The van der Waals surface area contributed by atoms with Gasteiger partial charge in [-0.2, -0.15) is 0 Å². The summed E-state index contributed by atoms with van der Waals surface area (Å²) in [5.74, 6) is -1.29. The maximum Gasteiger partial charge on any atom is 0.272 e. The van der Waals surface area contributed by atoms with E-state index in [-0.39, 0.29) is 22.0 Å². The molecule has 0 unspecified atom stereocenters. The second-order valence-electron chi connectivity index (χ2n) is 6.49. The molecule has 1 amide bonds. The summed E-state index contributed by atoms with van der Waals surface area (Å²) in [6.07, 6.45) is 3.34. The van der Waals surface area contributed by atoms with E-state index in [1.807, 2.05) is 0 Å². The Morgan fingerprint density at radius 1 is 1.37 bits per heavy atom. The molecule has 1 aliphatic heterocycles. The van der Waals surface area contributed by atoms with Crippen LogP contribution in [-0.2, 0) is 16.9 Å². The second-order valence-corrected chi connectivity index (χ2v) is 8.42. The number of carbonyl (C=O) groups excluding carboxylic acids is 1. The fraction of sp³-hybridized carbons (Fsp3) is 0.278. The van der Waals surface area contributed by atoms with Crippen LogP contribution in [0, 0.1) is 12.7 Å². The van der Waals surface area contributed by atoms with Crippen LogP contribution in [0.15, 0.2) is 35.5 Å². The molecule has 0 aliphatic carbocycles. The lowest BCUT2D eigenvalue weighted by Gasteiger charge is -2.21. The minimum absolute atomic E-state index is 0.0184. The molecule has 1 aromatic heterocycles. The Bertz CT molecular complexity index is 1040. The van der Waals surface area contributed by atoms with Gasteiger partial charge in [-0.1, -0.05) is 0 Å². The van der Waals surface area contributed by atoms with Crippen LogP contribution < -0.4 is 5.32 Å². The molecule has 144 valence electrons. The zero-order valence-electron chi connectivity index (χ0n) is 15.1. The predicted molar refractivity (Wildman–Crippen MR) is 99.1 cm³/mol. The number of halogens is 1. The third-order valence-electron chi connectivity index (χ3n) is 4.38. The molecule has 0 spiro atoms. The van der Waals surface area contributed by atoms with Crippen LogP contribution in [0.3, 0.4) is 0 Å². The molecule has 3 rings (SSSR count). The number of rotatable bonds is 3. The lowest BCUT2D eigenvalue weighted by atomic mass is 10.2. The van der Waals surface area contributed by atoms with E-state index in [2.05, 4.69) is 5.32 Å². The van der Waals surface area contributed by atoms with Crippen LogP contribution in [0.5, 0.6) is 0 Å². The van der Waals surface area contributed by atoms with Crippen molar-refractivity contribution < 1.29 is 22.7 Å². The molecule has 2 N–H and O–H groups in total. The molecule has 1 atom stereocenters. The number of nitrogens with zero attached hydrogens (tertiary/aromatic N) is 2. The summed E-state index contributed by atoms with van der Waals surface area (Å²) < 4.78 is 40.2. The molecule has 27 heavy (non-hydrogen) atoms. The zero-order chi connectivity index (χ0) is 19.9. The molecule has 7 nitrogen and oxygen atoms in total. The smallest absolute Gasteiger partial charge is 0.272 e. The van der Waals surface area contributed by atoms with E-state index < -0.39 is 27.8 Å². The molecular weight excluding hydrogens is 373 g/mol. The first-order chi connectivity index (χ1) is 12.6. The Labute approximate surface area is 156 Å². The largest absolute Gasteiger partial charge is 0.374 e. The van der Waals surface area contributed by atoms with Crippen molar-refractivity contribution in [1.82, 2.24) is 9.47 Å². The number of hydrogen-bond donors (Lipinski definition) is 2. The average molecular weight is 393 g/mol.